The molecule has 1 aromatic rings. The normalized spacial score (nSPS) is 17.2. The zero-order valence-electron chi connectivity index (χ0n) is 12.0. The Hall–Kier alpha value is -2.68. The molecule has 2 heterocycles. The van der Waals surface area contributed by atoms with Gasteiger partial charge in [0.1, 0.15) is 11.5 Å². The predicted molar refractivity (Wildman–Crippen MR) is 80.0 cm³/mol. The monoisotopic (exact) mass is 307 g/mol. The van der Waals surface area contributed by atoms with Gasteiger partial charge in [-0.15, -0.1) is 0 Å². The van der Waals surface area contributed by atoms with Crippen LogP contribution in [0, 0.1) is 0 Å². The zero-order valence-corrected chi connectivity index (χ0v) is 12.0. The number of amides is 1. The Balaban J connectivity index is 2.11. The summed E-state index contributed by atoms with van der Waals surface area (Å²) >= 11 is 0. The topological polar surface area (TPSA) is 136 Å². The fourth-order valence-electron chi connectivity index (χ4n) is 1.76. The van der Waals surface area contributed by atoms with Gasteiger partial charge in [0.15, 0.2) is 5.96 Å². The van der Waals surface area contributed by atoms with E-state index in [1.54, 1.807) is 0 Å². The largest absolute Gasteiger partial charge is 0.389 e. The van der Waals surface area contributed by atoms with Gasteiger partial charge in [0.2, 0.25) is 0 Å². The highest BCUT2D eigenvalue weighted by Crippen LogP contribution is 2.04. The summed E-state index contributed by atoms with van der Waals surface area (Å²) in [5, 5.41) is 17.4. The summed E-state index contributed by atoms with van der Waals surface area (Å²) in [6.07, 6.45) is 0.704. The van der Waals surface area contributed by atoms with E-state index in [9.17, 15) is 19.5 Å². The van der Waals surface area contributed by atoms with Crippen LogP contribution < -0.4 is 21.5 Å². The number of pyridine rings is 1. The smallest absolute Gasteiger partial charge is 0.271 e. The van der Waals surface area contributed by atoms with Crippen LogP contribution in [-0.2, 0) is 4.79 Å². The molecule has 1 aliphatic heterocycles. The van der Waals surface area contributed by atoms with Gasteiger partial charge in [0, 0.05) is 12.7 Å². The summed E-state index contributed by atoms with van der Waals surface area (Å²) in [6.45, 7) is 1.84. The number of aromatic nitrogens is 1. The minimum atomic E-state index is -0.562. The first kappa shape index (κ1) is 15.7. The number of ketones is 1. The second kappa shape index (κ2) is 6.85. The Morgan fingerprint density at radius 2 is 2.27 bits per heavy atom. The molecule has 0 aromatic carbocycles. The lowest BCUT2D eigenvalue weighted by Gasteiger charge is -2.19. The molecule has 118 valence electrons. The number of β-amino-alcohol motifs (C(OH)–C–C–N with tert-alkyl or cyclic N) is 1. The fourth-order valence-corrected chi connectivity index (χ4v) is 1.76. The van der Waals surface area contributed by atoms with Crippen molar-refractivity contribution in [1.82, 2.24) is 15.6 Å². The van der Waals surface area contributed by atoms with Crippen molar-refractivity contribution in [2.75, 3.05) is 25.0 Å². The molecular weight excluding hydrogens is 290 g/mol. The molecule has 1 aliphatic rings. The third-order valence-electron chi connectivity index (χ3n) is 2.88. The van der Waals surface area contributed by atoms with Crippen molar-refractivity contribution in [3.63, 3.8) is 0 Å². The molecule has 1 aromatic heterocycles. The van der Waals surface area contributed by atoms with E-state index in [2.05, 4.69) is 25.9 Å². The number of nitrogens with zero attached hydrogens (tertiary/aromatic N) is 1. The van der Waals surface area contributed by atoms with Crippen molar-refractivity contribution in [2.45, 2.75) is 13.0 Å². The van der Waals surface area contributed by atoms with Gasteiger partial charge in [-0.3, -0.25) is 19.4 Å². The first-order valence-corrected chi connectivity index (χ1v) is 6.69. The van der Waals surface area contributed by atoms with Crippen molar-refractivity contribution in [3.05, 3.63) is 28.2 Å². The maximum Gasteiger partial charge on any atom is 0.271 e. The molecule has 1 amide bonds. The number of carbonyl (C=O) groups is 2. The Kier molecular flexibility index (Phi) is 4.89. The first-order valence-electron chi connectivity index (χ1n) is 6.69. The average Bonchev–Trinajstić information content (AvgIpc) is 2.49. The van der Waals surface area contributed by atoms with Crippen molar-refractivity contribution in [1.29, 1.82) is 0 Å². The molecule has 2 rings (SSSR count). The van der Waals surface area contributed by atoms with Crippen molar-refractivity contribution >= 4 is 23.3 Å². The number of aliphatic hydroxyl groups excluding tert-OH is 1. The number of guanidine groups is 1. The van der Waals surface area contributed by atoms with Crippen LogP contribution in [-0.4, -0.2) is 53.5 Å². The van der Waals surface area contributed by atoms with Crippen LogP contribution in [0.25, 0.3) is 0 Å². The van der Waals surface area contributed by atoms with E-state index in [1.807, 2.05) is 0 Å². The highest BCUT2D eigenvalue weighted by molar-refractivity contribution is 5.98. The molecule has 5 N–H and O–H groups in total. The van der Waals surface area contributed by atoms with Crippen LogP contribution in [0.4, 0.5) is 5.69 Å². The molecule has 9 nitrogen and oxygen atoms in total. The molecule has 1 unspecified atom stereocenters. The summed E-state index contributed by atoms with van der Waals surface area (Å²) in [5.74, 6) is -0.295. The minimum Gasteiger partial charge on any atom is -0.389 e. The number of anilines is 1. The van der Waals surface area contributed by atoms with Crippen LogP contribution >= 0.6 is 0 Å². The third-order valence-corrected chi connectivity index (χ3v) is 2.88. The molecular formula is C13H17N5O4. The molecule has 9 heteroatoms. The SMILES string of the molecule is CC(=O)CNC(=O)c1c[nH]c(=O)c(NC2=NCC(O)CN2)c1. The van der Waals surface area contributed by atoms with Crippen LogP contribution in [0.5, 0.6) is 0 Å². The quantitative estimate of drug-likeness (QED) is 0.456. The Morgan fingerprint density at radius 1 is 1.50 bits per heavy atom. The molecule has 0 aliphatic carbocycles. The van der Waals surface area contributed by atoms with Crippen LogP contribution in [0.1, 0.15) is 17.3 Å². The molecule has 0 saturated carbocycles. The standard InChI is InChI=1S/C13H17N5O4/c1-7(19)3-14-11(21)8-2-10(12(22)15-4-8)18-13-16-5-9(20)6-17-13/h2,4,9,20H,3,5-6H2,1H3,(H,14,21)(H,15,22)(H2,16,17,18). The van der Waals surface area contributed by atoms with Gasteiger partial charge in [0.05, 0.1) is 24.8 Å². The van der Waals surface area contributed by atoms with Gasteiger partial charge >= 0.3 is 0 Å². The van der Waals surface area contributed by atoms with Gasteiger partial charge in [0.25, 0.3) is 11.5 Å². The van der Waals surface area contributed by atoms with Crippen molar-refractivity contribution in [2.24, 2.45) is 4.99 Å². The maximum atomic E-state index is 11.9. The van der Waals surface area contributed by atoms with Gasteiger partial charge in [-0.1, -0.05) is 0 Å². The van der Waals surface area contributed by atoms with Crippen molar-refractivity contribution < 1.29 is 14.7 Å². The summed E-state index contributed by atoms with van der Waals surface area (Å²) in [7, 11) is 0. The number of hydrogen-bond donors (Lipinski definition) is 5. The van der Waals surface area contributed by atoms with Crippen LogP contribution in [0.2, 0.25) is 0 Å². The molecule has 0 fully saturated rings. The average molecular weight is 307 g/mol. The second-order valence-electron chi connectivity index (χ2n) is 4.86. The number of hydrogen-bond acceptors (Lipinski definition) is 7. The van der Waals surface area contributed by atoms with Gasteiger partial charge in [-0.05, 0) is 13.0 Å². The summed E-state index contributed by atoms with van der Waals surface area (Å²) in [6, 6.07) is 1.36. The number of aliphatic hydroxyl groups is 1. The molecule has 0 saturated heterocycles. The minimum absolute atomic E-state index is 0.0765. The maximum absolute atomic E-state index is 11.9. The van der Waals surface area contributed by atoms with E-state index >= 15 is 0 Å². The summed E-state index contributed by atoms with van der Waals surface area (Å²) in [4.78, 5) is 40.9. The highest BCUT2D eigenvalue weighted by Gasteiger charge is 2.14. The molecule has 1 atom stereocenters. The number of aromatic amines is 1. The molecule has 0 bridgehead atoms. The number of Topliss-reactive ketones (excluding diaryl/α,β-unsaturated/α-hetero) is 1. The Bertz CT molecular complexity index is 667. The van der Waals surface area contributed by atoms with Gasteiger partial charge in [-0.25, -0.2) is 0 Å². The highest BCUT2D eigenvalue weighted by atomic mass is 16.3. The van der Waals surface area contributed by atoms with E-state index < -0.39 is 17.6 Å². The van der Waals surface area contributed by atoms with E-state index in [1.165, 1.54) is 19.2 Å². The lowest BCUT2D eigenvalue weighted by atomic mass is 10.2. The summed E-state index contributed by atoms with van der Waals surface area (Å²) < 4.78 is 0. The van der Waals surface area contributed by atoms with Crippen LogP contribution in [0.3, 0.4) is 0 Å². The lowest BCUT2D eigenvalue weighted by molar-refractivity contribution is -0.116. The van der Waals surface area contributed by atoms with E-state index in [0.717, 1.165) is 0 Å². The number of rotatable bonds is 4. The van der Waals surface area contributed by atoms with Crippen molar-refractivity contribution in [3.8, 4) is 0 Å². The Labute approximate surface area is 125 Å². The number of H-pyrrole nitrogens is 1. The van der Waals surface area contributed by atoms with E-state index in [0.29, 0.717) is 12.5 Å². The predicted octanol–water partition coefficient (Wildman–Crippen LogP) is -1.57. The molecule has 0 spiro atoms. The zero-order chi connectivity index (χ0) is 16.1. The van der Waals surface area contributed by atoms with Gasteiger partial charge < -0.3 is 26.0 Å². The lowest BCUT2D eigenvalue weighted by Crippen LogP contribution is -2.43. The number of nitrogens with one attached hydrogen (secondary N) is 4. The van der Waals surface area contributed by atoms with E-state index in [4.69, 9.17) is 0 Å². The molecule has 0 radical (unpaired) electrons. The number of carbonyl (C=O) groups excluding carboxylic acids is 2. The second-order valence-corrected chi connectivity index (χ2v) is 4.86. The first-order chi connectivity index (χ1) is 10.5. The third kappa shape index (κ3) is 4.16. The fraction of sp³-hybridized carbons (Fsp3) is 0.385. The Morgan fingerprint density at radius 3 is 2.91 bits per heavy atom. The molecule has 22 heavy (non-hydrogen) atoms. The summed E-state index contributed by atoms with van der Waals surface area (Å²) in [5.41, 5.74) is -0.0725. The van der Waals surface area contributed by atoms with E-state index in [-0.39, 0.29) is 30.1 Å². The number of aliphatic imine (C=N–C) groups is 1. The van der Waals surface area contributed by atoms with Crippen LogP contribution in [0.15, 0.2) is 22.1 Å². The van der Waals surface area contributed by atoms with Gasteiger partial charge in [-0.2, -0.15) is 0 Å².